The third kappa shape index (κ3) is 50.0. The Hall–Kier alpha value is -2.89. The molecule has 1 atom stereocenters. The number of allylic oxidation sites excluding steroid dienone is 10. The molecular weight excluding hydrogens is 781 g/mol. The highest BCUT2D eigenvalue weighted by molar-refractivity contribution is 5.71. The van der Waals surface area contributed by atoms with E-state index in [4.69, 9.17) is 14.2 Å². The Morgan fingerprint density at radius 3 is 1.06 bits per heavy atom. The molecule has 0 saturated carbocycles. The van der Waals surface area contributed by atoms with E-state index in [1.165, 1.54) is 154 Å². The molecule has 6 heteroatoms. The molecule has 0 aromatic carbocycles. The maximum Gasteiger partial charge on any atom is 0.306 e. The zero-order valence-corrected chi connectivity index (χ0v) is 41.6. The fraction of sp³-hybridized carbons (Fsp3) is 0.772. The molecule has 63 heavy (non-hydrogen) atoms. The maximum absolute atomic E-state index is 12.8. The lowest BCUT2D eigenvalue weighted by molar-refractivity contribution is -0.166. The normalized spacial score (nSPS) is 12.5. The predicted molar refractivity (Wildman–Crippen MR) is 270 cm³/mol. The second-order valence-electron chi connectivity index (χ2n) is 17.8. The molecule has 1 unspecified atom stereocenters. The Balaban J connectivity index is 4.41. The van der Waals surface area contributed by atoms with E-state index in [0.29, 0.717) is 19.3 Å². The molecule has 0 bridgehead atoms. The van der Waals surface area contributed by atoms with Gasteiger partial charge in [0.2, 0.25) is 0 Å². The zero-order valence-electron chi connectivity index (χ0n) is 41.6. The summed E-state index contributed by atoms with van der Waals surface area (Å²) in [5.74, 6) is -0.977. The molecule has 364 valence electrons. The third-order valence-electron chi connectivity index (χ3n) is 11.5. The van der Waals surface area contributed by atoms with Crippen LogP contribution in [0.4, 0.5) is 0 Å². The highest BCUT2D eigenvalue weighted by atomic mass is 16.6. The van der Waals surface area contributed by atoms with Crippen LogP contribution in [0.5, 0.6) is 0 Å². The summed E-state index contributed by atoms with van der Waals surface area (Å²) < 4.78 is 16.7. The number of unbranched alkanes of at least 4 members (excludes halogenated alkanes) is 27. The second-order valence-corrected chi connectivity index (χ2v) is 17.8. The van der Waals surface area contributed by atoms with Crippen molar-refractivity contribution in [1.29, 1.82) is 0 Å². The van der Waals surface area contributed by atoms with Crippen LogP contribution in [0.3, 0.4) is 0 Å². The lowest BCUT2D eigenvalue weighted by Crippen LogP contribution is -2.30. The van der Waals surface area contributed by atoms with Crippen LogP contribution >= 0.6 is 0 Å². The topological polar surface area (TPSA) is 78.9 Å². The van der Waals surface area contributed by atoms with E-state index >= 15 is 0 Å². The van der Waals surface area contributed by atoms with Crippen molar-refractivity contribution in [1.82, 2.24) is 0 Å². The van der Waals surface area contributed by atoms with Crippen molar-refractivity contribution in [2.45, 2.75) is 271 Å². The first-order valence-corrected chi connectivity index (χ1v) is 26.8. The van der Waals surface area contributed by atoms with E-state index in [1.807, 2.05) is 6.08 Å². The summed E-state index contributed by atoms with van der Waals surface area (Å²) in [4.78, 5) is 38.0. The van der Waals surface area contributed by atoms with Crippen molar-refractivity contribution in [2.24, 2.45) is 0 Å². The van der Waals surface area contributed by atoms with Crippen molar-refractivity contribution < 1.29 is 28.6 Å². The van der Waals surface area contributed by atoms with Crippen LogP contribution in [-0.4, -0.2) is 37.2 Å². The average Bonchev–Trinajstić information content (AvgIpc) is 3.28. The highest BCUT2D eigenvalue weighted by Gasteiger charge is 2.19. The van der Waals surface area contributed by atoms with Crippen LogP contribution in [0.1, 0.15) is 265 Å². The summed E-state index contributed by atoms with van der Waals surface area (Å²) in [5.41, 5.74) is 0. The molecule has 0 radical (unpaired) electrons. The number of hydrogen-bond acceptors (Lipinski definition) is 6. The number of esters is 3. The number of carbonyl (C=O) groups excluding carboxylic acids is 3. The van der Waals surface area contributed by atoms with E-state index in [0.717, 1.165) is 64.2 Å². The molecule has 0 aliphatic heterocycles. The molecule has 0 amide bonds. The quantitative estimate of drug-likeness (QED) is 0.0262. The molecule has 0 saturated heterocycles. The average molecular weight is 881 g/mol. The maximum atomic E-state index is 12.8. The van der Waals surface area contributed by atoms with Crippen molar-refractivity contribution in [3.8, 4) is 0 Å². The van der Waals surface area contributed by atoms with Gasteiger partial charge in [0.05, 0.1) is 0 Å². The summed E-state index contributed by atoms with van der Waals surface area (Å²) in [7, 11) is 0. The Morgan fingerprint density at radius 1 is 0.333 bits per heavy atom. The van der Waals surface area contributed by atoms with Gasteiger partial charge in [0.25, 0.3) is 0 Å². The van der Waals surface area contributed by atoms with Crippen molar-refractivity contribution >= 4 is 17.9 Å². The number of rotatable bonds is 48. The number of hydrogen-bond donors (Lipinski definition) is 0. The van der Waals surface area contributed by atoms with Gasteiger partial charge < -0.3 is 14.2 Å². The van der Waals surface area contributed by atoms with Gasteiger partial charge in [-0.1, -0.05) is 236 Å². The van der Waals surface area contributed by atoms with Crippen molar-refractivity contribution in [2.75, 3.05) is 13.2 Å². The molecular formula is C57H100O6. The van der Waals surface area contributed by atoms with Crippen LogP contribution in [0.15, 0.2) is 60.8 Å². The third-order valence-corrected chi connectivity index (χ3v) is 11.5. The van der Waals surface area contributed by atoms with Crippen LogP contribution in [0.2, 0.25) is 0 Å². The van der Waals surface area contributed by atoms with Gasteiger partial charge in [-0.3, -0.25) is 14.4 Å². The molecule has 0 N–H and O–H groups in total. The largest absolute Gasteiger partial charge is 0.462 e. The van der Waals surface area contributed by atoms with Gasteiger partial charge in [0, 0.05) is 19.3 Å². The van der Waals surface area contributed by atoms with Crippen molar-refractivity contribution in [3.63, 3.8) is 0 Å². The summed E-state index contributed by atoms with van der Waals surface area (Å²) in [5, 5.41) is 0. The van der Waals surface area contributed by atoms with Crippen LogP contribution < -0.4 is 0 Å². The fourth-order valence-electron chi connectivity index (χ4n) is 7.51. The SMILES string of the molecule is CC/C=C\C/C=C\C/C=C\C/C=C\CCC(=O)OCC(COC(=O)CCCCCCCCC/C=C\CCCCCCCCC)OC(=O)CCCCCCCCCCCCCCCC. The van der Waals surface area contributed by atoms with E-state index in [1.54, 1.807) is 0 Å². The Kier molecular flexibility index (Phi) is 49.4. The highest BCUT2D eigenvalue weighted by Crippen LogP contribution is 2.15. The Labute approximate surface area is 390 Å². The Morgan fingerprint density at radius 2 is 0.651 bits per heavy atom. The molecule has 0 aliphatic rings. The Bertz CT molecular complexity index is 1150. The van der Waals surface area contributed by atoms with E-state index in [2.05, 4.69) is 75.5 Å². The fourth-order valence-corrected chi connectivity index (χ4v) is 7.51. The standard InChI is InChI=1S/C57H100O6/c1-4-7-10-13-16-19-22-25-27-28-29-30-33-35-38-41-44-47-50-56(59)62-53-54(52-61-55(58)49-46-43-40-37-34-31-24-21-18-15-12-9-6-3)63-57(60)51-48-45-42-39-36-32-26-23-20-17-14-11-8-5-2/h9,12,18,21,27-28,31,34,40,43,54H,4-8,10-11,13-17,19-20,22-26,29-30,32-33,35-39,41-42,44-53H2,1-3H3/b12-9-,21-18-,28-27-,34-31-,43-40-. The number of carbonyl (C=O) groups is 3. The summed E-state index contributed by atoms with van der Waals surface area (Å²) >= 11 is 0. The molecule has 0 spiro atoms. The molecule has 0 rings (SSSR count). The van der Waals surface area contributed by atoms with Gasteiger partial charge in [-0.25, -0.2) is 0 Å². The summed E-state index contributed by atoms with van der Waals surface area (Å²) in [6.07, 6.45) is 63.6. The minimum atomic E-state index is -0.801. The van der Waals surface area contributed by atoms with E-state index in [9.17, 15) is 14.4 Å². The van der Waals surface area contributed by atoms with Gasteiger partial charge in [-0.15, -0.1) is 0 Å². The minimum Gasteiger partial charge on any atom is -0.462 e. The monoisotopic (exact) mass is 881 g/mol. The van der Waals surface area contributed by atoms with Gasteiger partial charge >= 0.3 is 17.9 Å². The van der Waals surface area contributed by atoms with Gasteiger partial charge in [-0.2, -0.15) is 0 Å². The van der Waals surface area contributed by atoms with Crippen molar-refractivity contribution in [3.05, 3.63) is 60.8 Å². The number of ether oxygens (including phenoxy) is 3. The first-order chi connectivity index (χ1) is 31.0. The smallest absolute Gasteiger partial charge is 0.306 e. The van der Waals surface area contributed by atoms with Crippen LogP contribution in [-0.2, 0) is 28.6 Å². The summed E-state index contributed by atoms with van der Waals surface area (Å²) in [6.45, 7) is 6.47. The van der Waals surface area contributed by atoms with Gasteiger partial charge in [-0.05, 0) is 70.6 Å². The first kappa shape index (κ1) is 60.1. The molecule has 0 fully saturated rings. The zero-order chi connectivity index (χ0) is 45.8. The predicted octanol–water partition coefficient (Wildman–Crippen LogP) is 17.6. The molecule has 6 nitrogen and oxygen atoms in total. The second kappa shape index (κ2) is 51.7. The van der Waals surface area contributed by atoms with E-state index < -0.39 is 6.10 Å². The first-order valence-electron chi connectivity index (χ1n) is 26.8. The van der Waals surface area contributed by atoms with Gasteiger partial charge in [0.1, 0.15) is 13.2 Å². The molecule has 0 aromatic rings. The summed E-state index contributed by atoms with van der Waals surface area (Å²) in [6, 6.07) is 0. The van der Waals surface area contributed by atoms with E-state index in [-0.39, 0.29) is 37.5 Å². The molecule has 0 aromatic heterocycles. The van der Waals surface area contributed by atoms with Gasteiger partial charge in [0.15, 0.2) is 6.10 Å². The lowest BCUT2D eigenvalue weighted by atomic mass is 10.0. The van der Waals surface area contributed by atoms with Crippen LogP contribution in [0, 0.1) is 0 Å². The lowest BCUT2D eigenvalue weighted by Gasteiger charge is -2.18. The molecule has 0 heterocycles. The minimum absolute atomic E-state index is 0.0963. The molecule has 0 aliphatic carbocycles. The van der Waals surface area contributed by atoms with Crippen LogP contribution in [0.25, 0.3) is 0 Å².